The highest BCUT2D eigenvalue weighted by atomic mass is 35.5. The molecule has 1 aliphatic rings. The van der Waals surface area contributed by atoms with Gasteiger partial charge in [-0.1, -0.05) is 60.1 Å². The molecule has 1 unspecified atom stereocenters. The number of rotatable bonds is 6. The first-order valence-corrected chi connectivity index (χ1v) is 11.4. The number of β-amino-alcohol motifs (C(OH)–C–C–N with tert-alkyl or cyclic N) is 1. The van der Waals surface area contributed by atoms with E-state index in [1.807, 2.05) is 12.1 Å². The van der Waals surface area contributed by atoms with Gasteiger partial charge < -0.3 is 9.67 Å². The van der Waals surface area contributed by atoms with Crippen molar-refractivity contribution in [3.05, 3.63) is 83.4 Å². The van der Waals surface area contributed by atoms with Crippen LogP contribution in [0.3, 0.4) is 0 Å². The molecule has 0 spiro atoms. The molecule has 0 saturated carbocycles. The molecule has 31 heavy (non-hydrogen) atoms. The van der Waals surface area contributed by atoms with Crippen LogP contribution < -0.4 is 0 Å². The van der Waals surface area contributed by atoms with Crippen molar-refractivity contribution < 1.29 is 5.11 Å². The highest BCUT2D eigenvalue weighted by molar-refractivity contribution is 6.30. The molecule has 0 radical (unpaired) electrons. The molecule has 0 amide bonds. The molecular weight excluding hydrogens is 406 g/mol. The second kappa shape index (κ2) is 9.01. The summed E-state index contributed by atoms with van der Waals surface area (Å²) >= 11 is 5.99. The number of fused-ring (bicyclic) bond motifs is 3. The maximum Gasteiger partial charge on any atom is 0.0845 e. The molecule has 5 rings (SSSR count). The van der Waals surface area contributed by atoms with Gasteiger partial charge in [-0.05, 0) is 29.8 Å². The number of aromatic nitrogens is 1. The molecular formula is C26H28ClN3O. The van der Waals surface area contributed by atoms with Crippen LogP contribution in [0.2, 0.25) is 5.02 Å². The number of aliphatic hydroxyl groups is 1. The van der Waals surface area contributed by atoms with Crippen molar-refractivity contribution in [1.82, 2.24) is 14.4 Å². The van der Waals surface area contributed by atoms with Gasteiger partial charge in [0.05, 0.1) is 12.6 Å². The van der Waals surface area contributed by atoms with E-state index in [0.717, 1.165) is 37.7 Å². The molecule has 5 heteroatoms. The fraction of sp³-hybridized carbons (Fsp3) is 0.308. The van der Waals surface area contributed by atoms with E-state index in [-0.39, 0.29) is 0 Å². The Morgan fingerprint density at radius 2 is 1.26 bits per heavy atom. The zero-order valence-corrected chi connectivity index (χ0v) is 18.4. The van der Waals surface area contributed by atoms with Gasteiger partial charge in [-0.15, -0.1) is 0 Å². The third kappa shape index (κ3) is 4.48. The van der Waals surface area contributed by atoms with E-state index < -0.39 is 6.10 Å². The number of benzene rings is 3. The van der Waals surface area contributed by atoms with Crippen molar-refractivity contribution in [2.75, 3.05) is 32.7 Å². The van der Waals surface area contributed by atoms with Crippen LogP contribution in [0.25, 0.3) is 21.8 Å². The Morgan fingerprint density at radius 1 is 0.710 bits per heavy atom. The van der Waals surface area contributed by atoms with E-state index in [1.54, 1.807) is 0 Å². The Bertz CT molecular complexity index is 1110. The third-order valence-electron chi connectivity index (χ3n) is 6.33. The summed E-state index contributed by atoms with van der Waals surface area (Å²) in [7, 11) is 0. The third-order valence-corrected chi connectivity index (χ3v) is 6.58. The molecule has 3 aromatic carbocycles. The van der Waals surface area contributed by atoms with E-state index in [1.165, 1.54) is 27.4 Å². The summed E-state index contributed by atoms with van der Waals surface area (Å²) in [6.45, 7) is 6.27. The first-order valence-electron chi connectivity index (χ1n) is 11.0. The molecule has 2 heterocycles. The number of hydrogen-bond donors (Lipinski definition) is 1. The number of para-hydroxylation sites is 2. The minimum atomic E-state index is -0.401. The molecule has 1 aliphatic heterocycles. The van der Waals surface area contributed by atoms with E-state index in [4.69, 9.17) is 11.6 Å². The lowest BCUT2D eigenvalue weighted by Gasteiger charge is -2.35. The number of halogens is 1. The Morgan fingerprint density at radius 3 is 1.87 bits per heavy atom. The normalized spacial score (nSPS) is 16.8. The van der Waals surface area contributed by atoms with Crippen LogP contribution in [0.4, 0.5) is 0 Å². The van der Waals surface area contributed by atoms with Crippen LogP contribution in [-0.4, -0.2) is 58.3 Å². The second-order valence-corrected chi connectivity index (χ2v) is 8.94. The van der Waals surface area contributed by atoms with Gasteiger partial charge in [0.1, 0.15) is 0 Å². The van der Waals surface area contributed by atoms with E-state index in [9.17, 15) is 5.11 Å². The van der Waals surface area contributed by atoms with Crippen LogP contribution >= 0.6 is 11.6 Å². The average Bonchev–Trinajstić information content (AvgIpc) is 3.11. The quantitative estimate of drug-likeness (QED) is 0.481. The molecule has 1 aromatic heterocycles. The van der Waals surface area contributed by atoms with Crippen LogP contribution in [0.15, 0.2) is 72.8 Å². The largest absolute Gasteiger partial charge is 0.390 e. The summed E-state index contributed by atoms with van der Waals surface area (Å²) in [6.07, 6.45) is -0.401. The van der Waals surface area contributed by atoms with Gasteiger partial charge in [-0.3, -0.25) is 9.80 Å². The predicted octanol–water partition coefficient (Wildman–Crippen LogP) is 4.63. The second-order valence-electron chi connectivity index (χ2n) is 8.50. The van der Waals surface area contributed by atoms with Crippen molar-refractivity contribution in [2.45, 2.75) is 19.2 Å². The summed E-state index contributed by atoms with van der Waals surface area (Å²) in [4.78, 5) is 4.86. The first-order chi connectivity index (χ1) is 15.2. The smallest absolute Gasteiger partial charge is 0.0845 e. The summed E-state index contributed by atoms with van der Waals surface area (Å²) in [5, 5.41) is 14.2. The molecule has 0 aliphatic carbocycles. The van der Waals surface area contributed by atoms with Gasteiger partial charge in [-0.25, -0.2) is 0 Å². The highest BCUT2D eigenvalue weighted by Crippen LogP contribution is 2.29. The fourth-order valence-corrected chi connectivity index (χ4v) is 4.87. The fourth-order valence-electron chi connectivity index (χ4n) is 4.74. The minimum Gasteiger partial charge on any atom is -0.390 e. The summed E-state index contributed by atoms with van der Waals surface area (Å²) in [6, 6.07) is 25.1. The molecule has 4 aromatic rings. The maximum atomic E-state index is 10.9. The summed E-state index contributed by atoms with van der Waals surface area (Å²) in [5.74, 6) is 0. The van der Waals surface area contributed by atoms with Crippen LogP contribution in [-0.2, 0) is 13.1 Å². The van der Waals surface area contributed by atoms with Gasteiger partial charge >= 0.3 is 0 Å². The monoisotopic (exact) mass is 433 g/mol. The Labute approximate surface area is 188 Å². The molecule has 1 fully saturated rings. The number of piperazine rings is 1. The Hall–Kier alpha value is -2.37. The molecule has 1 atom stereocenters. The lowest BCUT2D eigenvalue weighted by Crippen LogP contribution is -2.48. The number of hydrogen-bond acceptors (Lipinski definition) is 3. The zero-order chi connectivity index (χ0) is 21.2. The average molecular weight is 434 g/mol. The molecule has 4 nitrogen and oxygen atoms in total. The van der Waals surface area contributed by atoms with Gasteiger partial charge in [0.2, 0.25) is 0 Å². The molecule has 160 valence electrons. The lowest BCUT2D eigenvalue weighted by atomic mass is 10.2. The van der Waals surface area contributed by atoms with Gasteiger partial charge in [0.25, 0.3) is 0 Å². The topological polar surface area (TPSA) is 31.6 Å². The van der Waals surface area contributed by atoms with E-state index in [2.05, 4.69) is 75.0 Å². The van der Waals surface area contributed by atoms with E-state index >= 15 is 0 Å². The summed E-state index contributed by atoms with van der Waals surface area (Å²) < 4.78 is 2.27. The molecule has 0 bridgehead atoms. The lowest BCUT2D eigenvalue weighted by molar-refractivity contribution is 0.0634. The van der Waals surface area contributed by atoms with Crippen molar-refractivity contribution in [3.63, 3.8) is 0 Å². The highest BCUT2D eigenvalue weighted by Gasteiger charge is 2.20. The molecule has 1 saturated heterocycles. The van der Waals surface area contributed by atoms with Crippen molar-refractivity contribution in [1.29, 1.82) is 0 Å². The zero-order valence-electron chi connectivity index (χ0n) is 17.6. The maximum absolute atomic E-state index is 10.9. The van der Waals surface area contributed by atoms with Crippen LogP contribution in [0.5, 0.6) is 0 Å². The van der Waals surface area contributed by atoms with Crippen LogP contribution in [0.1, 0.15) is 5.56 Å². The van der Waals surface area contributed by atoms with Gasteiger partial charge in [0.15, 0.2) is 0 Å². The van der Waals surface area contributed by atoms with Crippen molar-refractivity contribution in [2.24, 2.45) is 0 Å². The molecule has 1 N–H and O–H groups in total. The minimum absolute atomic E-state index is 0.401. The SMILES string of the molecule is OC(CN1CCN(Cc2ccc(Cl)cc2)CC1)Cn1c2ccccc2c2ccccc21. The van der Waals surface area contributed by atoms with E-state index in [0.29, 0.717) is 13.1 Å². The van der Waals surface area contributed by atoms with Crippen molar-refractivity contribution in [3.8, 4) is 0 Å². The Balaban J connectivity index is 1.21. The number of nitrogens with zero attached hydrogens (tertiary/aromatic N) is 3. The summed E-state index contributed by atoms with van der Waals surface area (Å²) in [5.41, 5.74) is 3.68. The van der Waals surface area contributed by atoms with Gasteiger partial charge in [0, 0.05) is 66.1 Å². The van der Waals surface area contributed by atoms with Gasteiger partial charge in [-0.2, -0.15) is 0 Å². The predicted molar refractivity (Wildman–Crippen MR) is 129 cm³/mol. The Kier molecular flexibility index (Phi) is 5.97. The first kappa shape index (κ1) is 20.5. The number of aliphatic hydroxyl groups excluding tert-OH is 1. The standard InChI is InChI=1S/C26H28ClN3O/c27-21-11-9-20(10-12-21)17-28-13-15-29(16-14-28)18-22(31)19-30-25-7-3-1-5-23(25)24-6-2-4-8-26(24)30/h1-12,22,31H,13-19H2. The van der Waals surface area contributed by atoms with Crippen LogP contribution in [0, 0.1) is 0 Å². The van der Waals surface area contributed by atoms with Crippen molar-refractivity contribution >= 4 is 33.4 Å².